The van der Waals surface area contributed by atoms with Crippen molar-refractivity contribution in [3.8, 4) is 0 Å². The van der Waals surface area contributed by atoms with Crippen LogP contribution in [0.4, 0.5) is 10.5 Å². The molecule has 1 atom stereocenters. The largest absolute Gasteiger partial charge is 0.377 e. The number of rotatable bonds is 4. The molecule has 2 amide bonds. The molecule has 0 aliphatic carbocycles. The third-order valence-corrected chi connectivity index (χ3v) is 5.23. The summed E-state index contributed by atoms with van der Waals surface area (Å²) < 4.78 is 5.69. The van der Waals surface area contributed by atoms with Crippen LogP contribution < -0.4 is 5.32 Å². The van der Waals surface area contributed by atoms with Crippen molar-refractivity contribution in [3.63, 3.8) is 0 Å². The molecule has 2 heterocycles. The van der Waals surface area contributed by atoms with Crippen LogP contribution in [-0.4, -0.2) is 67.5 Å². The maximum atomic E-state index is 12.3. The van der Waals surface area contributed by atoms with Gasteiger partial charge in [-0.1, -0.05) is 0 Å². The molecule has 2 aliphatic rings. The highest BCUT2D eigenvalue weighted by molar-refractivity contribution is 7.98. The highest BCUT2D eigenvalue weighted by Crippen LogP contribution is 2.18. The summed E-state index contributed by atoms with van der Waals surface area (Å²) in [6.45, 7) is 5.33. The van der Waals surface area contributed by atoms with Gasteiger partial charge >= 0.3 is 6.03 Å². The number of urea groups is 1. The summed E-state index contributed by atoms with van der Waals surface area (Å²) in [5.41, 5.74) is 0.856. The van der Waals surface area contributed by atoms with Gasteiger partial charge in [-0.2, -0.15) is 0 Å². The third kappa shape index (κ3) is 4.62. The number of nitrogens with one attached hydrogen (secondary N) is 1. The number of ether oxygens (including phenoxy) is 1. The van der Waals surface area contributed by atoms with Crippen LogP contribution in [0.15, 0.2) is 29.2 Å². The van der Waals surface area contributed by atoms with E-state index in [0.717, 1.165) is 45.0 Å². The number of carbonyl (C=O) groups is 1. The molecule has 0 bridgehead atoms. The molecule has 23 heavy (non-hydrogen) atoms. The lowest BCUT2D eigenvalue weighted by Gasteiger charge is -2.35. The molecule has 0 radical (unpaired) electrons. The van der Waals surface area contributed by atoms with E-state index < -0.39 is 0 Å². The molecule has 0 spiro atoms. The Morgan fingerprint density at radius 3 is 2.61 bits per heavy atom. The SMILES string of the molecule is CSc1ccc(NC(=O)N2CCN(C[C@@H]3CCCO3)CC2)cc1. The second-order valence-corrected chi connectivity index (χ2v) is 6.96. The van der Waals surface area contributed by atoms with Gasteiger partial charge in [0.25, 0.3) is 0 Å². The lowest BCUT2D eigenvalue weighted by Crippen LogP contribution is -2.51. The molecule has 0 unspecified atom stereocenters. The van der Waals surface area contributed by atoms with Crippen LogP contribution in [0.5, 0.6) is 0 Å². The highest BCUT2D eigenvalue weighted by atomic mass is 32.2. The quantitative estimate of drug-likeness (QED) is 0.860. The molecule has 2 aliphatic heterocycles. The number of hydrogen-bond donors (Lipinski definition) is 1. The van der Waals surface area contributed by atoms with Crippen LogP contribution in [0.3, 0.4) is 0 Å². The molecular weight excluding hydrogens is 310 g/mol. The van der Waals surface area contributed by atoms with E-state index in [-0.39, 0.29) is 6.03 Å². The summed E-state index contributed by atoms with van der Waals surface area (Å²) in [5, 5.41) is 2.99. The summed E-state index contributed by atoms with van der Waals surface area (Å²) in [7, 11) is 0. The van der Waals surface area contributed by atoms with Gasteiger partial charge in [0.2, 0.25) is 0 Å². The van der Waals surface area contributed by atoms with Crippen molar-refractivity contribution in [2.24, 2.45) is 0 Å². The first-order valence-corrected chi connectivity index (χ1v) is 9.51. The van der Waals surface area contributed by atoms with Crippen molar-refractivity contribution in [2.45, 2.75) is 23.8 Å². The minimum atomic E-state index is -0.00123. The predicted octanol–water partition coefficient (Wildman–Crippen LogP) is 2.74. The Bertz CT molecular complexity index is 509. The normalized spacial score (nSPS) is 22.3. The number of amides is 2. The van der Waals surface area contributed by atoms with Gasteiger partial charge in [-0.25, -0.2) is 4.79 Å². The Morgan fingerprint density at radius 1 is 1.26 bits per heavy atom. The average Bonchev–Trinajstić information content (AvgIpc) is 3.09. The van der Waals surface area contributed by atoms with Crippen LogP contribution in [0.2, 0.25) is 0 Å². The number of piperazine rings is 1. The van der Waals surface area contributed by atoms with E-state index in [1.54, 1.807) is 11.8 Å². The van der Waals surface area contributed by atoms with E-state index in [9.17, 15) is 4.79 Å². The Kier molecular flexibility index (Phi) is 5.80. The highest BCUT2D eigenvalue weighted by Gasteiger charge is 2.24. The minimum absolute atomic E-state index is 0.00123. The summed E-state index contributed by atoms with van der Waals surface area (Å²) >= 11 is 1.70. The molecule has 0 aromatic heterocycles. The molecule has 5 nitrogen and oxygen atoms in total. The second kappa shape index (κ2) is 8.04. The first kappa shape index (κ1) is 16.6. The number of benzene rings is 1. The molecule has 0 saturated carbocycles. The average molecular weight is 335 g/mol. The zero-order valence-electron chi connectivity index (χ0n) is 13.7. The van der Waals surface area contributed by atoms with E-state index in [2.05, 4.69) is 10.2 Å². The van der Waals surface area contributed by atoms with Gasteiger partial charge in [-0.15, -0.1) is 11.8 Å². The fraction of sp³-hybridized carbons (Fsp3) is 0.588. The smallest absolute Gasteiger partial charge is 0.321 e. The Morgan fingerprint density at radius 2 is 2.00 bits per heavy atom. The molecule has 6 heteroatoms. The van der Waals surface area contributed by atoms with Gasteiger partial charge in [0.1, 0.15) is 0 Å². The monoisotopic (exact) mass is 335 g/mol. The van der Waals surface area contributed by atoms with Gasteiger partial charge in [-0.3, -0.25) is 4.90 Å². The van der Waals surface area contributed by atoms with Crippen molar-refractivity contribution in [1.82, 2.24) is 9.80 Å². The predicted molar refractivity (Wildman–Crippen MR) is 94.2 cm³/mol. The zero-order chi connectivity index (χ0) is 16.1. The Balaban J connectivity index is 1.43. The maximum absolute atomic E-state index is 12.3. The number of anilines is 1. The number of nitrogens with zero attached hydrogens (tertiary/aromatic N) is 2. The topological polar surface area (TPSA) is 44.8 Å². The fourth-order valence-electron chi connectivity index (χ4n) is 3.09. The molecule has 2 fully saturated rings. The third-order valence-electron chi connectivity index (χ3n) is 4.49. The van der Waals surface area contributed by atoms with Gasteiger partial charge in [0.05, 0.1) is 6.10 Å². The molecule has 2 saturated heterocycles. The van der Waals surface area contributed by atoms with Crippen LogP contribution in [0.1, 0.15) is 12.8 Å². The molecule has 1 N–H and O–H groups in total. The zero-order valence-corrected chi connectivity index (χ0v) is 14.5. The first-order chi connectivity index (χ1) is 11.2. The van der Waals surface area contributed by atoms with Crippen molar-refractivity contribution < 1.29 is 9.53 Å². The van der Waals surface area contributed by atoms with Gasteiger partial charge in [-0.05, 0) is 43.4 Å². The number of hydrogen-bond acceptors (Lipinski definition) is 4. The van der Waals surface area contributed by atoms with Crippen molar-refractivity contribution in [3.05, 3.63) is 24.3 Å². The van der Waals surface area contributed by atoms with Crippen molar-refractivity contribution in [1.29, 1.82) is 0 Å². The standard InChI is InChI=1S/C17H25N3O2S/c1-23-16-6-4-14(5-7-16)18-17(21)20-10-8-19(9-11-20)13-15-3-2-12-22-15/h4-7,15H,2-3,8-13H2,1H3,(H,18,21)/t15-/m0/s1. The van der Waals surface area contributed by atoms with E-state index in [0.29, 0.717) is 6.10 Å². The summed E-state index contributed by atoms with van der Waals surface area (Å²) in [6, 6.07) is 7.97. The van der Waals surface area contributed by atoms with Crippen molar-refractivity contribution in [2.75, 3.05) is 50.9 Å². The molecule has 126 valence electrons. The fourth-order valence-corrected chi connectivity index (χ4v) is 3.49. The van der Waals surface area contributed by atoms with E-state index >= 15 is 0 Å². The minimum Gasteiger partial charge on any atom is -0.377 e. The van der Waals surface area contributed by atoms with Crippen LogP contribution >= 0.6 is 11.8 Å². The lowest BCUT2D eigenvalue weighted by atomic mass is 10.2. The molecule has 1 aromatic rings. The number of thioether (sulfide) groups is 1. The van der Waals surface area contributed by atoms with Gasteiger partial charge in [0.15, 0.2) is 0 Å². The van der Waals surface area contributed by atoms with Gasteiger partial charge in [0, 0.05) is 49.9 Å². The first-order valence-electron chi connectivity index (χ1n) is 8.28. The van der Waals surface area contributed by atoms with E-state index in [1.807, 2.05) is 35.4 Å². The van der Waals surface area contributed by atoms with Crippen LogP contribution in [0.25, 0.3) is 0 Å². The summed E-state index contributed by atoms with van der Waals surface area (Å²) in [4.78, 5) is 17.8. The molecular formula is C17H25N3O2S. The van der Waals surface area contributed by atoms with Gasteiger partial charge < -0.3 is 15.0 Å². The summed E-state index contributed by atoms with van der Waals surface area (Å²) in [6.07, 6.45) is 4.80. The Hall–Kier alpha value is -1.24. The van der Waals surface area contributed by atoms with E-state index in [4.69, 9.17) is 4.74 Å². The summed E-state index contributed by atoms with van der Waals surface area (Å²) in [5.74, 6) is 0. The van der Waals surface area contributed by atoms with E-state index in [1.165, 1.54) is 17.7 Å². The molecule has 1 aromatic carbocycles. The van der Waals surface area contributed by atoms with Crippen LogP contribution in [0, 0.1) is 0 Å². The molecule has 3 rings (SSSR count). The number of carbonyl (C=O) groups excluding carboxylic acids is 1. The second-order valence-electron chi connectivity index (χ2n) is 6.08. The maximum Gasteiger partial charge on any atom is 0.321 e. The van der Waals surface area contributed by atoms with Crippen LogP contribution in [-0.2, 0) is 4.74 Å². The lowest BCUT2D eigenvalue weighted by molar-refractivity contribution is 0.0572. The Labute approximate surface area is 142 Å². The van der Waals surface area contributed by atoms with Crippen molar-refractivity contribution >= 4 is 23.5 Å².